The van der Waals surface area contributed by atoms with Crippen molar-refractivity contribution in [2.45, 2.75) is 23.3 Å². The molecule has 2 atom stereocenters. The van der Waals surface area contributed by atoms with Gasteiger partial charge in [0.05, 0.1) is 20.3 Å². The molecule has 0 spiro atoms. The van der Waals surface area contributed by atoms with Crippen molar-refractivity contribution in [3.63, 3.8) is 0 Å². The molecule has 0 aliphatic carbocycles. The van der Waals surface area contributed by atoms with Crippen LogP contribution in [0.2, 0.25) is 0 Å². The van der Waals surface area contributed by atoms with E-state index >= 15 is 0 Å². The van der Waals surface area contributed by atoms with Crippen LogP contribution in [0.3, 0.4) is 0 Å². The Morgan fingerprint density at radius 3 is 2.56 bits per heavy atom. The Labute approximate surface area is 163 Å². The maximum atomic E-state index is 6.09. The molecule has 144 valence electrons. The van der Waals surface area contributed by atoms with E-state index in [-0.39, 0.29) is 18.3 Å². The van der Waals surface area contributed by atoms with Crippen LogP contribution in [0, 0.1) is 0 Å². The molecule has 2 aliphatic rings. The summed E-state index contributed by atoms with van der Waals surface area (Å²) < 4.78 is 23.4. The fraction of sp³-hybridized carbons (Fsp3) is 0.474. The number of hydrogen-bond donors (Lipinski definition) is 0. The number of anilines is 1. The Bertz CT molecular complexity index is 762. The second-order valence-corrected chi connectivity index (χ2v) is 7.29. The van der Waals surface area contributed by atoms with Crippen molar-refractivity contribution in [3.05, 3.63) is 36.5 Å². The summed E-state index contributed by atoms with van der Waals surface area (Å²) in [7, 11) is 1.64. The lowest BCUT2D eigenvalue weighted by molar-refractivity contribution is -0.00461. The van der Waals surface area contributed by atoms with Crippen LogP contribution in [-0.2, 0) is 9.47 Å². The van der Waals surface area contributed by atoms with Gasteiger partial charge < -0.3 is 23.8 Å². The van der Waals surface area contributed by atoms with Gasteiger partial charge in [-0.25, -0.2) is 9.97 Å². The first-order valence-corrected chi connectivity index (χ1v) is 10.1. The highest BCUT2D eigenvalue weighted by Crippen LogP contribution is 2.26. The summed E-state index contributed by atoms with van der Waals surface area (Å²) >= 11 is 1.61. The van der Waals surface area contributed by atoms with Crippen molar-refractivity contribution >= 4 is 17.7 Å². The Kier molecular flexibility index (Phi) is 5.66. The van der Waals surface area contributed by atoms with Crippen LogP contribution < -0.4 is 14.4 Å². The molecule has 1 aromatic carbocycles. The van der Waals surface area contributed by atoms with Gasteiger partial charge in [0, 0.05) is 25.4 Å². The molecule has 4 rings (SSSR count). The number of benzene rings is 1. The van der Waals surface area contributed by atoms with Crippen molar-refractivity contribution < 1.29 is 18.9 Å². The summed E-state index contributed by atoms with van der Waals surface area (Å²) in [5.74, 6) is 2.25. The van der Waals surface area contributed by atoms with Gasteiger partial charge >= 0.3 is 0 Å². The van der Waals surface area contributed by atoms with Gasteiger partial charge in [-0.2, -0.15) is 0 Å². The van der Waals surface area contributed by atoms with Crippen molar-refractivity contribution in [1.82, 2.24) is 9.97 Å². The van der Waals surface area contributed by atoms with E-state index in [4.69, 9.17) is 18.9 Å². The second-order valence-electron chi connectivity index (χ2n) is 6.47. The van der Waals surface area contributed by atoms with E-state index in [9.17, 15) is 0 Å². The molecule has 0 saturated carbocycles. The third-order valence-electron chi connectivity index (χ3n) is 4.66. The molecule has 1 aromatic heterocycles. The molecule has 0 amide bonds. The molecule has 2 fully saturated rings. The largest absolute Gasteiger partial charge is 0.497 e. The molecular weight excluding hydrogens is 366 g/mol. The Morgan fingerprint density at radius 2 is 1.85 bits per heavy atom. The number of ether oxygens (including phenoxy) is 4. The number of thioether (sulfide) groups is 1. The molecule has 7 nitrogen and oxygen atoms in total. The monoisotopic (exact) mass is 389 g/mol. The minimum Gasteiger partial charge on any atom is -0.497 e. The van der Waals surface area contributed by atoms with Gasteiger partial charge in [-0.3, -0.25) is 0 Å². The first-order valence-electron chi connectivity index (χ1n) is 8.91. The van der Waals surface area contributed by atoms with Crippen LogP contribution in [0.15, 0.2) is 41.6 Å². The van der Waals surface area contributed by atoms with Gasteiger partial charge in [0.25, 0.3) is 0 Å². The fourth-order valence-corrected chi connectivity index (χ4v) is 3.64. The van der Waals surface area contributed by atoms with E-state index in [1.807, 2.05) is 36.6 Å². The first kappa shape index (κ1) is 18.3. The second kappa shape index (κ2) is 8.33. The van der Waals surface area contributed by atoms with Crippen molar-refractivity contribution in [3.8, 4) is 11.5 Å². The minimum absolute atomic E-state index is 0.00885. The van der Waals surface area contributed by atoms with Gasteiger partial charge in [0.15, 0.2) is 0 Å². The molecule has 0 bridgehead atoms. The zero-order valence-electron chi connectivity index (χ0n) is 15.4. The Hall–Kier alpha value is -2.03. The molecule has 2 aliphatic heterocycles. The van der Waals surface area contributed by atoms with Crippen LogP contribution in [0.1, 0.15) is 0 Å². The molecule has 2 aromatic rings. The summed E-state index contributed by atoms with van der Waals surface area (Å²) in [6, 6.07) is 9.48. The average Bonchev–Trinajstić information content (AvgIpc) is 3.04. The van der Waals surface area contributed by atoms with Gasteiger partial charge in [-0.1, -0.05) is 6.07 Å². The smallest absolute Gasteiger partial charge is 0.226 e. The lowest BCUT2D eigenvalue weighted by atomic mass is 10.3. The summed E-state index contributed by atoms with van der Waals surface area (Å²) in [6.45, 7) is 2.40. The van der Waals surface area contributed by atoms with E-state index in [0.717, 1.165) is 22.5 Å². The van der Waals surface area contributed by atoms with Crippen molar-refractivity contribution in [2.75, 3.05) is 44.6 Å². The van der Waals surface area contributed by atoms with Crippen molar-refractivity contribution in [2.24, 2.45) is 0 Å². The minimum atomic E-state index is -0.146. The Morgan fingerprint density at radius 1 is 1.11 bits per heavy atom. The standard InChI is InChI=1S/C19H23N3O4S/c1-23-13-4-3-5-14(8-13)26-15-11-24-16-9-22(10-17(16)25-12-15)19-20-7-6-18(21-19)27-2/h3-8,15-17H,9-12H2,1-2H3/t16-,17-/m0/s1. The summed E-state index contributed by atoms with van der Waals surface area (Å²) in [5, 5.41) is 0.959. The molecule has 8 heteroatoms. The normalized spacial score (nSPS) is 23.0. The predicted molar refractivity (Wildman–Crippen MR) is 103 cm³/mol. The third-order valence-corrected chi connectivity index (χ3v) is 5.31. The predicted octanol–water partition coefficient (Wildman–Crippen LogP) is 2.26. The molecule has 0 unspecified atom stereocenters. The number of hydrogen-bond acceptors (Lipinski definition) is 8. The number of rotatable bonds is 5. The molecule has 3 heterocycles. The highest BCUT2D eigenvalue weighted by molar-refractivity contribution is 7.98. The lowest BCUT2D eigenvalue weighted by Crippen LogP contribution is -2.30. The quantitative estimate of drug-likeness (QED) is 0.570. The highest BCUT2D eigenvalue weighted by Gasteiger charge is 2.38. The van der Waals surface area contributed by atoms with E-state index < -0.39 is 0 Å². The Balaban J connectivity index is 1.36. The van der Waals surface area contributed by atoms with Gasteiger partial charge in [-0.15, -0.1) is 11.8 Å². The fourth-order valence-electron chi connectivity index (χ4n) is 3.27. The van der Waals surface area contributed by atoms with Crippen LogP contribution in [-0.4, -0.2) is 67.9 Å². The van der Waals surface area contributed by atoms with Gasteiger partial charge in [0.2, 0.25) is 5.95 Å². The molecule has 0 N–H and O–H groups in total. The third kappa shape index (κ3) is 4.28. The maximum Gasteiger partial charge on any atom is 0.226 e. The topological polar surface area (TPSA) is 65.9 Å². The molecule has 0 radical (unpaired) electrons. The van der Waals surface area contributed by atoms with Crippen LogP contribution in [0.25, 0.3) is 0 Å². The number of fused-ring (bicyclic) bond motifs is 1. The van der Waals surface area contributed by atoms with E-state index in [1.54, 1.807) is 25.1 Å². The van der Waals surface area contributed by atoms with Crippen LogP contribution >= 0.6 is 11.8 Å². The van der Waals surface area contributed by atoms with Gasteiger partial charge in [0.1, 0.15) is 34.8 Å². The first-order chi connectivity index (χ1) is 13.2. The highest BCUT2D eigenvalue weighted by atomic mass is 32.2. The van der Waals surface area contributed by atoms with Gasteiger partial charge in [-0.05, 0) is 24.5 Å². The van der Waals surface area contributed by atoms with Crippen LogP contribution in [0.5, 0.6) is 11.5 Å². The number of methoxy groups -OCH3 is 1. The lowest BCUT2D eigenvalue weighted by Gasteiger charge is -2.20. The van der Waals surface area contributed by atoms with Crippen LogP contribution in [0.4, 0.5) is 5.95 Å². The maximum absolute atomic E-state index is 6.09. The summed E-state index contributed by atoms with van der Waals surface area (Å²) in [6.07, 6.45) is 3.64. The summed E-state index contributed by atoms with van der Waals surface area (Å²) in [4.78, 5) is 11.1. The molecule has 27 heavy (non-hydrogen) atoms. The number of aromatic nitrogens is 2. The van der Waals surface area contributed by atoms with Crippen molar-refractivity contribution in [1.29, 1.82) is 0 Å². The molecule has 2 saturated heterocycles. The van der Waals surface area contributed by atoms with E-state index in [1.165, 1.54) is 0 Å². The SMILES string of the molecule is COc1cccc(OC2CO[C@H]3CN(c4nccc(SC)n4)C[C@@H]3OC2)c1. The zero-order chi connectivity index (χ0) is 18.6. The average molecular weight is 389 g/mol. The van der Waals surface area contributed by atoms with E-state index in [2.05, 4.69) is 14.9 Å². The van der Waals surface area contributed by atoms with E-state index in [0.29, 0.717) is 26.3 Å². The summed E-state index contributed by atoms with van der Waals surface area (Å²) in [5.41, 5.74) is 0. The number of nitrogens with zero attached hydrogens (tertiary/aromatic N) is 3. The zero-order valence-corrected chi connectivity index (χ0v) is 16.2. The molecular formula is C19H23N3O4S.